The van der Waals surface area contributed by atoms with Crippen LogP contribution in [0.5, 0.6) is 0 Å². The Morgan fingerprint density at radius 2 is 1.91 bits per heavy atom. The van der Waals surface area contributed by atoms with Crippen molar-refractivity contribution in [2.24, 2.45) is 5.92 Å². The van der Waals surface area contributed by atoms with Crippen molar-refractivity contribution in [3.05, 3.63) is 51.9 Å². The van der Waals surface area contributed by atoms with Gasteiger partial charge in [-0.2, -0.15) is 0 Å². The first-order chi connectivity index (χ1) is 11.1. The molecule has 0 unspecified atom stereocenters. The summed E-state index contributed by atoms with van der Waals surface area (Å²) in [5, 5.41) is 6.30. The molecule has 1 aliphatic rings. The van der Waals surface area contributed by atoms with Gasteiger partial charge < -0.3 is 10.6 Å². The van der Waals surface area contributed by atoms with Gasteiger partial charge in [-0.25, -0.2) is 0 Å². The Balaban J connectivity index is 1.95. The molecule has 1 aliphatic carbocycles. The number of carbonyl (C=O) groups is 2. The number of amides is 2. The molecule has 0 radical (unpaired) electrons. The van der Waals surface area contributed by atoms with Gasteiger partial charge in [0.1, 0.15) is 5.00 Å². The molecule has 4 nitrogen and oxygen atoms in total. The Bertz CT molecular complexity index is 737. The van der Waals surface area contributed by atoms with Crippen molar-refractivity contribution in [3.8, 4) is 0 Å². The van der Waals surface area contributed by atoms with Crippen LogP contribution in [0.15, 0.2) is 30.3 Å². The number of hydrogen-bond donors (Lipinski definition) is 2. The Morgan fingerprint density at radius 1 is 1.17 bits per heavy atom. The van der Waals surface area contributed by atoms with E-state index in [2.05, 4.69) is 17.6 Å². The Labute approximate surface area is 139 Å². The second-order valence-electron chi connectivity index (χ2n) is 5.96. The smallest absolute Gasteiger partial charge is 0.256 e. The number of nitrogens with one attached hydrogen (secondary N) is 2. The van der Waals surface area contributed by atoms with E-state index in [1.165, 1.54) is 16.2 Å². The van der Waals surface area contributed by atoms with Crippen molar-refractivity contribution in [2.75, 3.05) is 12.4 Å². The highest BCUT2D eigenvalue weighted by atomic mass is 32.1. The summed E-state index contributed by atoms with van der Waals surface area (Å²) in [6, 6.07) is 9.07. The van der Waals surface area contributed by atoms with Crippen molar-refractivity contribution < 1.29 is 9.59 Å². The molecule has 0 saturated heterocycles. The van der Waals surface area contributed by atoms with Crippen LogP contribution in [0.25, 0.3) is 0 Å². The van der Waals surface area contributed by atoms with E-state index in [9.17, 15) is 9.59 Å². The lowest BCUT2D eigenvalue weighted by molar-refractivity contribution is 0.0963. The summed E-state index contributed by atoms with van der Waals surface area (Å²) in [7, 11) is 1.63. The van der Waals surface area contributed by atoms with Crippen LogP contribution in [0.2, 0.25) is 0 Å². The minimum absolute atomic E-state index is 0.125. The first-order valence-corrected chi connectivity index (χ1v) is 8.64. The van der Waals surface area contributed by atoms with E-state index in [1.807, 2.05) is 18.2 Å². The molecule has 120 valence electrons. The van der Waals surface area contributed by atoms with Crippen LogP contribution >= 0.6 is 11.3 Å². The van der Waals surface area contributed by atoms with Gasteiger partial charge in [-0.05, 0) is 42.9 Å². The van der Waals surface area contributed by atoms with Gasteiger partial charge in [0.25, 0.3) is 11.8 Å². The molecule has 0 fully saturated rings. The lowest BCUT2D eigenvalue weighted by Gasteiger charge is -2.18. The number of thiophene rings is 1. The molecule has 1 heterocycles. The molecule has 1 aromatic heterocycles. The minimum Gasteiger partial charge on any atom is -0.355 e. The maximum Gasteiger partial charge on any atom is 0.256 e. The molecule has 3 rings (SSSR count). The molecule has 0 bridgehead atoms. The normalized spacial score (nSPS) is 16.5. The zero-order valence-electron chi connectivity index (χ0n) is 13.3. The monoisotopic (exact) mass is 328 g/mol. The quantitative estimate of drug-likeness (QED) is 0.906. The Morgan fingerprint density at radius 3 is 2.61 bits per heavy atom. The average molecular weight is 328 g/mol. The van der Waals surface area contributed by atoms with E-state index in [4.69, 9.17) is 0 Å². The first-order valence-electron chi connectivity index (χ1n) is 7.83. The molecule has 2 N–H and O–H groups in total. The molecule has 0 spiro atoms. The number of hydrogen-bond acceptors (Lipinski definition) is 3. The summed E-state index contributed by atoms with van der Waals surface area (Å²) in [4.78, 5) is 26.0. The highest BCUT2D eigenvalue weighted by Gasteiger charge is 2.27. The standard InChI is InChI=1S/C18H20N2O2S/c1-11-8-9-13-14(10-11)23-18(15(13)17(22)19-2)20-16(21)12-6-4-3-5-7-12/h3-7,11H,8-10H2,1-2H3,(H,19,22)(H,20,21)/t11-/m0/s1. The molecule has 5 heteroatoms. The van der Waals surface area contributed by atoms with Crippen LogP contribution in [0.1, 0.15) is 44.5 Å². The average Bonchev–Trinajstić information content (AvgIpc) is 2.91. The molecule has 0 aliphatic heterocycles. The summed E-state index contributed by atoms with van der Waals surface area (Å²) >= 11 is 1.54. The predicted octanol–water partition coefficient (Wildman–Crippen LogP) is 3.48. The molecular weight excluding hydrogens is 308 g/mol. The summed E-state index contributed by atoms with van der Waals surface area (Å²) < 4.78 is 0. The van der Waals surface area contributed by atoms with Gasteiger partial charge >= 0.3 is 0 Å². The van der Waals surface area contributed by atoms with Gasteiger partial charge in [0.15, 0.2) is 0 Å². The molecule has 0 saturated carbocycles. The molecule has 1 aromatic carbocycles. The van der Waals surface area contributed by atoms with Crippen molar-refractivity contribution in [2.45, 2.75) is 26.2 Å². The maximum atomic E-state index is 12.4. The molecular formula is C18H20N2O2S. The number of benzene rings is 1. The summed E-state index contributed by atoms with van der Waals surface area (Å²) in [6.45, 7) is 2.23. The minimum atomic E-state index is -0.178. The van der Waals surface area contributed by atoms with E-state index in [0.717, 1.165) is 24.8 Å². The van der Waals surface area contributed by atoms with Gasteiger partial charge in [0, 0.05) is 17.5 Å². The molecule has 23 heavy (non-hydrogen) atoms. The van der Waals surface area contributed by atoms with Crippen molar-refractivity contribution >= 4 is 28.2 Å². The summed E-state index contributed by atoms with van der Waals surface area (Å²) in [6.07, 6.45) is 2.96. The number of carbonyl (C=O) groups excluding carboxylic acids is 2. The molecule has 1 atom stereocenters. The third-order valence-corrected chi connectivity index (χ3v) is 5.40. The SMILES string of the molecule is CNC(=O)c1c(NC(=O)c2ccccc2)sc2c1CC[C@H](C)C2. The highest BCUT2D eigenvalue weighted by Crippen LogP contribution is 2.39. The van der Waals surface area contributed by atoms with E-state index >= 15 is 0 Å². The maximum absolute atomic E-state index is 12.4. The van der Waals surface area contributed by atoms with Gasteiger partial charge in [0.2, 0.25) is 0 Å². The van der Waals surface area contributed by atoms with Crippen LogP contribution in [0.4, 0.5) is 5.00 Å². The molecule has 2 amide bonds. The number of rotatable bonds is 3. The third kappa shape index (κ3) is 3.15. The van der Waals surface area contributed by atoms with E-state index in [1.54, 1.807) is 19.2 Å². The zero-order chi connectivity index (χ0) is 16.4. The number of anilines is 1. The lowest BCUT2D eigenvalue weighted by atomic mass is 9.88. The summed E-state index contributed by atoms with van der Waals surface area (Å²) in [5.41, 5.74) is 2.34. The van der Waals surface area contributed by atoms with E-state index < -0.39 is 0 Å². The van der Waals surface area contributed by atoms with Crippen molar-refractivity contribution in [1.82, 2.24) is 5.32 Å². The van der Waals surface area contributed by atoms with Crippen LogP contribution in [0, 0.1) is 5.92 Å². The fraction of sp³-hybridized carbons (Fsp3) is 0.333. The van der Waals surface area contributed by atoms with E-state index in [-0.39, 0.29) is 11.8 Å². The van der Waals surface area contributed by atoms with Crippen LogP contribution in [-0.2, 0) is 12.8 Å². The van der Waals surface area contributed by atoms with Crippen LogP contribution in [0.3, 0.4) is 0 Å². The fourth-order valence-corrected chi connectivity index (χ4v) is 4.37. The second-order valence-corrected chi connectivity index (χ2v) is 7.06. The van der Waals surface area contributed by atoms with Crippen LogP contribution in [-0.4, -0.2) is 18.9 Å². The number of fused-ring (bicyclic) bond motifs is 1. The first kappa shape index (κ1) is 15.7. The van der Waals surface area contributed by atoms with Crippen molar-refractivity contribution in [3.63, 3.8) is 0 Å². The predicted molar refractivity (Wildman–Crippen MR) is 93.3 cm³/mol. The van der Waals surface area contributed by atoms with Gasteiger partial charge in [0.05, 0.1) is 5.56 Å². The largest absolute Gasteiger partial charge is 0.355 e. The Kier molecular flexibility index (Phi) is 4.48. The third-order valence-electron chi connectivity index (χ3n) is 4.23. The highest BCUT2D eigenvalue weighted by molar-refractivity contribution is 7.17. The van der Waals surface area contributed by atoms with Crippen LogP contribution < -0.4 is 10.6 Å². The van der Waals surface area contributed by atoms with Crippen molar-refractivity contribution in [1.29, 1.82) is 0 Å². The van der Waals surface area contributed by atoms with E-state index in [0.29, 0.717) is 22.0 Å². The zero-order valence-corrected chi connectivity index (χ0v) is 14.1. The fourth-order valence-electron chi connectivity index (χ4n) is 2.97. The van der Waals surface area contributed by atoms with Gasteiger partial charge in [-0.3, -0.25) is 9.59 Å². The topological polar surface area (TPSA) is 58.2 Å². The van der Waals surface area contributed by atoms with Gasteiger partial charge in [-0.1, -0.05) is 25.1 Å². The van der Waals surface area contributed by atoms with Gasteiger partial charge in [-0.15, -0.1) is 11.3 Å². The summed E-state index contributed by atoms with van der Waals surface area (Å²) in [5.74, 6) is 0.319. The lowest BCUT2D eigenvalue weighted by Crippen LogP contribution is -2.22. The molecule has 2 aromatic rings. The second kappa shape index (κ2) is 6.54. The Hall–Kier alpha value is -2.14.